The monoisotopic (exact) mass is 278 g/mol. The third-order valence-corrected chi connectivity index (χ3v) is 4.18. The number of hydrogen-bond acceptors (Lipinski definition) is 4. The number of rotatable bonds is 5. The van der Waals surface area contributed by atoms with Gasteiger partial charge in [0.15, 0.2) is 0 Å². The van der Waals surface area contributed by atoms with Gasteiger partial charge < -0.3 is 15.5 Å². The molecule has 3 N–H and O–H groups in total. The van der Waals surface area contributed by atoms with Crippen LogP contribution in [0.1, 0.15) is 44.7 Å². The van der Waals surface area contributed by atoms with Gasteiger partial charge in [0.25, 0.3) is 0 Å². The number of piperidine rings is 1. The highest BCUT2D eigenvalue weighted by Gasteiger charge is 2.26. The quantitative estimate of drug-likeness (QED) is 0.725. The smallest absolute Gasteiger partial charge is 0.120 e. The number of nitrogens with zero attached hydrogens (tertiary/aromatic N) is 1. The average Bonchev–Trinajstić information content (AvgIpc) is 2.47. The van der Waals surface area contributed by atoms with Crippen LogP contribution >= 0.6 is 0 Å². The number of phenolic OH excluding ortho intramolecular Hbond substituents is 2. The largest absolute Gasteiger partial charge is 0.508 e. The molecule has 0 bridgehead atoms. The molecule has 1 aliphatic rings. The van der Waals surface area contributed by atoms with E-state index >= 15 is 0 Å². The summed E-state index contributed by atoms with van der Waals surface area (Å²) in [5, 5.41) is 23.2. The van der Waals surface area contributed by atoms with Gasteiger partial charge in [0.1, 0.15) is 11.5 Å². The van der Waals surface area contributed by atoms with Gasteiger partial charge in [-0.3, -0.25) is 4.90 Å². The molecule has 0 radical (unpaired) electrons. The van der Waals surface area contributed by atoms with Crippen LogP contribution in [0.15, 0.2) is 18.2 Å². The Labute approximate surface area is 121 Å². The first kappa shape index (κ1) is 15.1. The molecule has 4 nitrogen and oxygen atoms in total. The summed E-state index contributed by atoms with van der Waals surface area (Å²) in [7, 11) is 0. The van der Waals surface area contributed by atoms with Crippen LogP contribution in [-0.4, -0.2) is 40.8 Å². The normalized spacial score (nSPS) is 21.1. The Morgan fingerprint density at radius 3 is 2.85 bits per heavy atom. The second kappa shape index (κ2) is 6.95. The maximum Gasteiger partial charge on any atom is 0.120 e. The Balaban J connectivity index is 2.20. The van der Waals surface area contributed by atoms with Gasteiger partial charge in [-0.2, -0.15) is 0 Å². The van der Waals surface area contributed by atoms with Crippen LogP contribution in [0.4, 0.5) is 0 Å². The molecule has 0 saturated carbocycles. The van der Waals surface area contributed by atoms with E-state index in [9.17, 15) is 10.2 Å². The lowest BCUT2D eigenvalue weighted by Gasteiger charge is -2.39. The summed E-state index contributed by atoms with van der Waals surface area (Å²) in [6.07, 6.45) is 3.47. The van der Waals surface area contributed by atoms with E-state index in [0.717, 1.165) is 31.6 Å². The van der Waals surface area contributed by atoms with Crippen LogP contribution in [0.25, 0.3) is 0 Å². The minimum atomic E-state index is 0.104. The van der Waals surface area contributed by atoms with E-state index in [-0.39, 0.29) is 17.5 Å². The highest BCUT2D eigenvalue weighted by Crippen LogP contribution is 2.33. The van der Waals surface area contributed by atoms with Gasteiger partial charge in [0, 0.05) is 24.2 Å². The summed E-state index contributed by atoms with van der Waals surface area (Å²) in [5.74, 6) is 0.475. The maximum absolute atomic E-state index is 10.1. The van der Waals surface area contributed by atoms with E-state index in [1.807, 2.05) is 0 Å². The highest BCUT2D eigenvalue weighted by molar-refractivity contribution is 5.40. The molecule has 0 spiro atoms. The molecular formula is C16H26N2O2. The molecule has 4 heteroatoms. The fraction of sp³-hybridized carbons (Fsp3) is 0.625. The first-order valence-corrected chi connectivity index (χ1v) is 7.61. The molecule has 2 unspecified atom stereocenters. The minimum Gasteiger partial charge on any atom is -0.508 e. The zero-order valence-corrected chi connectivity index (χ0v) is 12.5. The third-order valence-electron chi connectivity index (χ3n) is 4.18. The van der Waals surface area contributed by atoms with Crippen molar-refractivity contribution in [2.24, 2.45) is 0 Å². The van der Waals surface area contributed by atoms with E-state index in [0.29, 0.717) is 6.04 Å². The van der Waals surface area contributed by atoms with Crippen LogP contribution < -0.4 is 5.32 Å². The second-order valence-corrected chi connectivity index (χ2v) is 5.66. The van der Waals surface area contributed by atoms with Crippen molar-refractivity contribution >= 4 is 0 Å². The molecule has 1 aliphatic heterocycles. The Bertz CT molecular complexity index is 430. The van der Waals surface area contributed by atoms with Crippen LogP contribution in [0.5, 0.6) is 11.5 Å². The summed E-state index contributed by atoms with van der Waals surface area (Å²) in [5.41, 5.74) is 0.809. The van der Waals surface area contributed by atoms with Gasteiger partial charge in [0.2, 0.25) is 0 Å². The number of nitrogens with one attached hydrogen (secondary N) is 1. The third kappa shape index (κ3) is 3.44. The van der Waals surface area contributed by atoms with Gasteiger partial charge in [0.05, 0.1) is 0 Å². The van der Waals surface area contributed by atoms with Crippen molar-refractivity contribution in [1.29, 1.82) is 0 Å². The summed E-state index contributed by atoms with van der Waals surface area (Å²) in [4.78, 5) is 2.45. The zero-order chi connectivity index (χ0) is 14.5. The van der Waals surface area contributed by atoms with Crippen LogP contribution in [-0.2, 0) is 0 Å². The van der Waals surface area contributed by atoms with Gasteiger partial charge >= 0.3 is 0 Å². The lowest BCUT2D eigenvalue weighted by Crippen LogP contribution is -2.47. The lowest BCUT2D eigenvalue weighted by molar-refractivity contribution is 0.119. The first-order valence-electron chi connectivity index (χ1n) is 7.61. The SMILES string of the molecule is CCCN(C1CCCNC1)C(C)c1cc(O)ccc1O. The number of hydrogen-bond donors (Lipinski definition) is 3. The van der Waals surface area contributed by atoms with Crippen molar-refractivity contribution in [3.63, 3.8) is 0 Å². The molecule has 2 atom stereocenters. The van der Waals surface area contributed by atoms with E-state index in [2.05, 4.69) is 24.1 Å². The second-order valence-electron chi connectivity index (χ2n) is 5.66. The van der Waals surface area contributed by atoms with Crippen molar-refractivity contribution in [3.05, 3.63) is 23.8 Å². The molecule has 1 heterocycles. The molecule has 20 heavy (non-hydrogen) atoms. The lowest BCUT2D eigenvalue weighted by atomic mass is 9.99. The molecule has 0 aromatic heterocycles. The summed E-state index contributed by atoms with van der Waals surface area (Å²) >= 11 is 0. The molecule has 0 aliphatic carbocycles. The molecular weight excluding hydrogens is 252 g/mol. The van der Waals surface area contributed by atoms with Gasteiger partial charge in [-0.15, -0.1) is 0 Å². The predicted octanol–water partition coefficient (Wildman–Crippen LogP) is 2.62. The van der Waals surface area contributed by atoms with E-state index < -0.39 is 0 Å². The Morgan fingerprint density at radius 1 is 1.40 bits per heavy atom. The fourth-order valence-corrected chi connectivity index (χ4v) is 3.12. The Morgan fingerprint density at radius 2 is 2.20 bits per heavy atom. The van der Waals surface area contributed by atoms with Crippen molar-refractivity contribution in [3.8, 4) is 11.5 Å². The molecule has 112 valence electrons. The van der Waals surface area contributed by atoms with E-state index in [4.69, 9.17) is 0 Å². The van der Waals surface area contributed by atoms with Crippen molar-refractivity contribution in [1.82, 2.24) is 10.2 Å². The molecule has 1 aromatic rings. The number of phenols is 2. The summed E-state index contributed by atoms with van der Waals surface area (Å²) in [6, 6.07) is 5.38. The number of aromatic hydroxyl groups is 2. The van der Waals surface area contributed by atoms with Crippen molar-refractivity contribution in [2.45, 2.75) is 45.2 Å². The van der Waals surface area contributed by atoms with E-state index in [1.165, 1.54) is 18.9 Å². The maximum atomic E-state index is 10.1. The number of benzene rings is 1. The molecule has 2 rings (SSSR count). The Kier molecular flexibility index (Phi) is 5.26. The standard InChI is InChI=1S/C16H26N2O2/c1-3-9-18(13-5-4-8-17-11-13)12(2)15-10-14(19)6-7-16(15)20/h6-7,10,12-13,17,19-20H,3-5,8-9,11H2,1-2H3. The van der Waals surface area contributed by atoms with E-state index in [1.54, 1.807) is 12.1 Å². The van der Waals surface area contributed by atoms with Crippen molar-refractivity contribution in [2.75, 3.05) is 19.6 Å². The fourth-order valence-electron chi connectivity index (χ4n) is 3.12. The summed E-state index contributed by atoms with van der Waals surface area (Å²) < 4.78 is 0. The van der Waals surface area contributed by atoms with Gasteiger partial charge in [-0.05, 0) is 57.5 Å². The molecule has 1 fully saturated rings. The predicted molar refractivity (Wildman–Crippen MR) is 81.1 cm³/mol. The minimum absolute atomic E-state index is 0.104. The molecule has 1 saturated heterocycles. The van der Waals surface area contributed by atoms with Gasteiger partial charge in [-0.1, -0.05) is 6.92 Å². The van der Waals surface area contributed by atoms with Crippen LogP contribution in [0, 0.1) is 0 Å². The average molecular weight is 278 g/mol. The first-order chi connectivity index (χ1) is 9.63. The van der Waals surface area contributed by atoms with Gasteiger partial charge in [-0.25, -0.2) is 0 Å². The summed E-state index contributed by atoms with van der Waals surface area (Å²) in [6.45, 7) is 7.39. The Hall–Kier alpha value is -1.26. The van der Waals surface area contributed by atoms with Crippen LogP contribution in [0.2, 0.25) is 0 Å². The topological polar surface area (TPSA) is 55.7 Å². The zero-order valence-electron chi connectivity index (χ0n) is 12.5. The van der Waals surface area contributed by atoms with Crippen LogP contribution in [0.3, 0.4) is 0 Å². The van der Waals surface area contributed by atoms with Crippen molar-refractivity contribution < 1.29 is 10.2 Å². The molecule has 0 amide bonds. The molecule has 1 aromatic carbocycles. The highest BCUT2D eigenvalue weighted by atomic mass is 16.3.